The molecule has 1 aliphatic carbocycles. The lowest BCUT2D eigenvalue weighted by atomic mass is 10.1. The number of aromatic nitrogens is 3. The van der Waals surface area contributed by atoms with Gasteiger partial charge in [0, 0.05) is 5.56 Å². The highest BCUT2D eigenvalue weighted by atomic mass is 32.2. The molecule has 1 aromatic carbocycles. The molecule has 3 aromatic rings. The fourth-order valence-electron chi connectivity index (χ4n) is 2.48. The molecule has 1 amide bonds. The third-order valence-electron chi connectivity index (χ3n) is 4.08. The van der Waals surface area contributed by atoms with Crippen molar-refractivity contribution in [2.75, 3.05) is 5.32 Å². The second-order valence-corrected chi connectivity index (χ2v) is 10.3. The lowest BCUT2D eigenvalue weighted by Crippen LogP contribution is -2.24. The number of oxime groups is 1. The third-order valence-corrected chi connectivity index (χ3v) is 7.70. The van der Waals surface area contributed by atoms with E-state index >= 15 is 0 Å². The summed E-state index contributed by atoms with van der Waals surface area (Å²) in [4.78, 5) is 25.8. The maximum Gasteiger partial charge on any atom is 0.280 e. The normalized spacial score (nSPS) is 14.5. The van der Waals surface area contributed by atoms with Crippen LogP contribution in [0.25, 0.3) is 0 Å². The summed E-state index contributed by atoms with van der Waals surface area (Å²) in [5, 5.41) is 6.07. The highest BCUT2D eigenvalue weighted by Gasteiger charge is 2.36. The fourth-order valence-corrected chi connectivity index (χ4v) is 5.09. The van der Waals surface area contributed by atoms with E-state index in [2.05, 4.69) is 24.8 Å². The monoisotopic (exact) mass is 467 g/mol. The van der Waals surface area contributed by atoms with Crippen LogP contribution in [-0.4, -0.2) is 39.6 Å². The summed E-state index contributed by atoms with van der Waals surface area (Å²) in [6.07, 6.45) is 3.67. The summed E-state index contributed by atoms with van der Waals surface area (Å²) in [6.45, 7) is 0.00146. The summed E-state index contributed by atoms with van der Waals surface area (Å²) in [7, 11) is -3.36. The van der Waals surface area contributed by atoms with Crippen LogP contribution >= 0.6 is 22.9 Å². The zero-order valence-corrected chi connectivity index (χ0v) is 17.6. The zero-order chi connectivity index (χ0) is 21.1. The maximum atomic E-state index is 13.2. The van der Waals surface area contributed by atoms with Crippen LogP contribution in [-0.2, 0) is 26.1 Å². The van der Waals surface area contributed by atoms with Crippen LogP contribution in [0.5, 0.6) is 0 Å². The van der Waals surface area contributed by atoms with Gasteiger partial charge in [-0.15, -0.1) is 0 Å². The quantitative estimate of drug-likeness (QED) is 0.399. The van der Waals surface area contributed by atoms with E-state index in [-0.39, 0.29) is 27.6 Å². The van der Waals surface area contributed by atoms with Crippen LogP contribution < -0.4 is 5.32 Å². The third kappa shape index (κ3) is 4.68. The van der Waals surface area contributed by atoms with E-state index in [0.717, 1.165) is 17.7 Å². The predicted molar refractivity (Wildman–Crippen MR) is 109 cm³/mol. The van der Waals surface area contributed by atoms with Crippen molar-refractivity contribution in [1.29, 1.82) is 0 Å². The Bertz CT molecular complexity index is 1170. The lowest BCUT2D eigenvalue weighted by Gasteiger charge is -2.08. The van der Waals surface area contributed by atoms with Crippen molar-refractivity contribution in [3.63, 3.8) is 0 Å². The Morgan fingerprint density at radius 3 is 2.63 bits per heavy atom. The van der Waals surface area contributed by atoms with E-state index in [1.54, 1.807) is 0 Å². The Morgan fingerprint density at radius 1 is 1.27 bits per heavy atom. The largest absolute Gasteiger partial charge is 0.388 e. The van der Waals surface area contributed by atoms with Gasteiger partial charge in [-0.2, -0.15) is 8.76 Å². The number of benzene rings is 1. The van der Waals surface area contributed by atoms with E-state index in [1.165, 1.54) is 30.6 Å². The number of nitrogens with one attached hydrogen (secondary N) is 1. The van der Waals surface area contributed by atoms with Crippen molar-refractivity contribution in [2.24, 2.45) is 5.16 Å². The standard InChI is InChI=1S/C17H14FN5O4S3/c18-13-7-19-17(28-13)22-16(24)15(23-27-8-14-20-9-21-29-14)10-1-3-11(4-2-10)30(25,26)12-5-6-12/h1-4,7,9,12H,5-6,8H2,(H,19,22,24). The Kier molecular flexibility index (Phi) is 5.83. The van der Waals surface area contributed by atoms with Gasteiger partial charge >= 0.3 is 0 Å². The van der Waals surface area contributed by atoms with Gasteiger partial charge in [0.2, 0.25) is 0 Å². The van der Waals surface area contributed by atoms with Crippen LogP contribution in [0, 0.1) is 5.13 Å². The van der Waals surface area contributed by atoms with Gasteiger partial charge in [-0.25, -0.2) is 18.4 Å². The van der Waals surface area contributed by atoms with E-state index in [9.17, 15) is 17.6 Å². The van der Waals surface area contributed by atoms with Crippen molar-refractivity contribution in [2.45, 2.75) is 29.6 Å². The van der Waals surface area contributed by atoms with Crippen molar-refractivity contribution >= 4 is 49.5 Å². The number of hydrogen-bond acceptors (Lipinski definition) is 10. The number of halogens is 1. The molecule has 4 rings (SSSR count). The lowest BCUT2D eigenvalue weighted by molar-refractivity contribution is -0.110. The minimum atomic E-state index is -3.36. The number of carbonyl (C=O) groups is 1. The number of rotatable bonds is 8. The molecule has 0 radical (unpaired) electrons. The topological polar surface area (TPSA) is 124 Å². The Morgan fingerprint density at radius 2 is 2.03 bits per heavy atom. The average molecular weight is 468 g/mol. The molecule has 2 heterocycles. The SMILES string of the molecule is O=C(Nc1ncc(F)s1)C(=NOCc1ncns1)c1ccc(S(=O)(=O)C2CC2)cc1. The molecule has 1 N–H and O–H groups in total. The summed E-state index contributed by atoms with van der Waals surface area (Å²) in [6, 6.07) is 5.81. The number of sulfone groups is 1. The Labute approximate surface area is 178 Å². The molecule has 0 atom stereocenters. The first kappa shape index (κ1) is 20.5. The average Bonchev–Trinajstić information content (AvgIpc) is 3.34. The minimum Gasteiger partial charge on any atom is -0.388 e. The van der Waals surface area contributed by atoms with Crippen LogP contribution in [0.4, 0.5) is 9.52 Å². The molecular weight excluding hydrogens is 453 g/mol. The second kappa shape index (κ2) is 8.53. The van der Waals surface area contributed by atoms with Crippen LogP contribution in [0.1, 0.15) is 23.4 Å². The highest BCUT2D eigenvalue weighted by molar-refractivity contribution is 7.92. The molecule has 13 heteroatoms. The molecule has 156 valence electrons. The van der Waals surface area contributed by atoms with Crippen LogP contribution in [0.2, 0.25) is 0 Å². The molecule has 9 nitrogen and oxygen atoms in total. The summed E-state index contributed by atoms with van der Waals surface area (Å²) < 4.78 is 41.8. The molecule has 0 aliphatic heterocycles. The maximum absolute atomic E-state index is 13.2. The van der Waals surface area contributed by atoms with Gasteiger partial charge in [0.25, 0.3) is 5.91 Å². The fraction of sp³-hybridized carbons (Fsp3) is 0.235. The summed E-state index contributed by atoms with van der Waals surface area (Å²) in [5.41, 5.74) is 0.210. The molecule has 1 saturated carbocycles. The molecular formula is C17H14FN5O4S3. The number of amides is 1. The van der Waals surface area contributed by atoms with Gasteiger partial charge < -0.3 is 4.84 Å². The molecule has 0 spiro atoms. The van der Waals surface area contributed by atoms with Gasteiger partial charge in [0.05, 0.1) is 16.3 Å². The van der Waals surface area contributed by atoms with Gasteiger partial charge in [-0.1, -0.05) is 28.6 Å². The van der Waals surface area contributed by atoms with Crippen LogP contribution in [0.3, 0.4) is 0 Å². The first-order chi connectivity index (χ1) is 14.4. The van der Waals surface area contributed by atoms with Gasteiger partial charge in [0.1, 0.15) is 6.33 Å². The molecule has 1 fully saturated rings. The van der Waals surface area contributed by atoms with Crippen molar-refractivity contribution in [1.82, 2.24) is 14.3 Å². The molecule has 0 saturated heterocycles. The first-order valence-corrected chi connectivity index (χ1v) is 11.8. The van der Waals surface area contributed by atoms with Crippen molar-refractivity contribution in [3.8, 4) is 0 Å². The Balaban J connectivity index is 1.57. The number of thiazole rings is 1. The molecule has 2 aromatic heterocycles. The molecule has 30 heavy (non-hydrogen) atoms. The Hall–Kier alpha value is -2.77. The molecule has 1 aliphatic rings. The molecule has 0 bridgehead atoms. The first-order valence-electron chi connectivity index (χ1n) is 8.66. The zero-order valence-electron chi connectivity index (χ0n) is 15.2. The van der Waals surface area contributed by atoms with E-state index in [4.69, 9.17) is 4.84 Å². The van der Waals surface area contributed by atoms with Gasteiger partial charge in [-0.3, -0.25) is 10.1 Å². The van der Waals surface area contributed by atoms with E-state index in [1.807, 2.05) is 0 Å². The number of carbonyl (C=O) groups excluding carboxylic acids is 1. The number of hydrogen-bond donors (Lipinski definition) is 1. The van der Waals surface area contributed by atoms with Crippen molar-refractivity contribution in [3.05, 3.63) is 52.5 Å². The van der Waals surface area contributed by atoms with Gasteiger partial charge in [-0.05, 0) is 36.5 Å². The number of nitrogens with zero attached hydrogens (tertiary/aromatic N) is 4. The smallest absolute Gasteiger partial charge is 0.280 e. The van der Waals surface area contributed by atoms with Gasteiger partial charge in [0.15, 0.2) is 37.4 Å². The highest BCUT2D eigenvalue weighted by Crippen LogP contribution is 2.33. The predicted octanol–water partition coefficient (Wildman–Crippen LogP) is 2.63. The summed E-state index contributed by atoms with van der Waals surface area (Å²) >= 11 is 1.79. The second-order valence-electron chi connectivity index (χ2n) is 6.24. The van der Waals surface area contributed by atoms with E-state index < -0.39 is 20.9 Å². The van der Waals surface area contributed by atoms with Crippen LogP contribution in [0.15, 0.2) is 46.8 Å². The minimum absolute atomic E-state index is 0.00146. The molecule has 0 unspecified atom stereocenters. The summed E-state index contributed by atoms with van der Waals surface area (Å²) in [5.74, 6) is -0.681. The van der Waals surface area contributed by atoms with Crippen molar-refractivity contribution < 1.29 is 22.4 Å². The number of anilines is 1. The van der Waals surface area contributed by atoms with E-state index in [0.29, 0.717) is 34.7 Å².